The van der Waals surface area contributed by atoms with Crippen LogP contribution in [0.15, 0.2) is 54.9 Å². The minimum absolute atomic E-state index is 0.0812. The molecule has 0 atom stereocenters. The van der Waals surface area contributed by atoms with Gasteiger partial charge < -0.3 is 9.64 Å². The fourth-order valence-electron chi connectivity index (χ4n) is 3.24. The normalized spacial score (nSPS) is 14.1. The molecule has 138 valence electrons. The number of anilines is 1. The lowest BCUT2D eigenvalue weighted by Crippen LogP contribution is -2.31. The van der Waals surface area contributed by atoms with Gasteiger partial charge in [0.1, 0.15) is 0 Å². The van der Waals surface area contributed by atoms with Gasteiger partial charge in [-0.25, -0.2) is 9.18 Å². The summed E-state index contributed by atoms with van der Waals surface area (Å²) in [7, 11) is 1.43. The zero-order valence-electron chi connectivity index (χ0n) is 14.9. The van der Waals surface area contributed by atoms with Gasteiger partial charge in [0.05, 0.1) is 13.3 Å². The Hall–Kier alpha value is -3.35. The summed E-state index contributed by atoms with van der Waals surface area (Å²) in [4.78, 5) is 16.2. The van der Waals surface area contributed by atoms with Gasteiger partial charge in [-0.3, -0.25) is 10.00 Å². The quantitative estimate of drug-likeness (QED) is 0.749. The van der Waals surface area contributed by atoms with Gasteiger partial charge in [0.25, 0.3) is 0 Å². The Balaban J connectivity index is 1.46. The maximum Gasteiger partial charge on any atom is 0.324 e. The third-order valence-electron chi connectivity index (χ3n) is 4.70. The molecule has 27 heavy (non-hydrogen) atoms. The first-order chi connectivity index (χ1) is 13.2. The van der Waals surface area contributed by atoms with Crippen molar-refractivity contribution in [1.29, 1.82) is 0 Å². The molecule has 0 bridgehead atoms. The van der Waals surface area contributed by atoms with Crippen LogP contribution in [0.1, 0.15) is 5.56 Å². The molecule has 0 aliphatic carbocycles. The van der Waals surface area contributed by atoms with Gasteiger partial charge in [-0.05, 0) is 35.4 Å². The highest BCUT2D eigenvalue weighted by molar-refractivity contribution is 5.94. The molecule has 1 fully saturated rings. The van der Waals surface area contributed by atoms with Crippen LogP contribution in [0, 0.1) is 5.82 Å². The number of carbonyl (C=O) groups excluding carboxylic acids is 1. The number of urea groups is 1. The summed E-state index contributed by atoms with van der Waals surface area (Å²) in [6.45, 7) is 1.56. The molecule has 2 heterocycles. The Morgan fingerprint density at radius 3 is 2.63 bits per heavy atom. The molecule has 0 saturated carbocycles. The van der Waals surface area contributed by atoms with Crippen LogP contribution < -0.4 is 9.64 Å². The Labute approximate surface area is 156 Å². The average Bonchev–Trinajstić information content (AvgIpc) is 3.33. The standard InChI is InChI=1S/C20H19FN4O2/c1-27-19-7-2-14(10-18(19)21)13-24-8-9-25(20(24)26)17-5-3-15(4-6-17)16-11-22-23-12-16/h2-7,10-12H,8-9,13H2,1H3,(H,22,23). The summed E-state index contributed by atoms with van der Waals surface area (Å²) in [5.74, 6) is -0.223. The monoisotopic (exact) mass is 366 g/mol. The van der Waals surface area contributed by atoms with E-state index in [0.29, 0.717) is 19.6 Å². The predicted molar refractivity (Wildman–Crippen MR) is 100 cm³/mol. The van der Waals surface area contributed by atoms with E-state index in [2.05, 4.69) is 10.2 Å². The molecular formula is C20H19FN4O2. The van der Waals surface area contributed by atoms with Crippen LogP contribution in [0.4, 0.5) is 14.9 Å². The van der Waals surface area contributed by atoms with E-state index in [-0.39, 0.29) is 11.8 Å². The molecule has 0 radical (unpaired) electrons. The first kappa shape index (κ1) is 17.1. The molecular weight excluding hydrogens is 347 g/mol. The summed E-state index contributed by atoms with van der Waals surface area (Å²) < 4.78 is 18.8. The van der Waals surface area contributed by atoms with Crippen LogP contribution >= 0.6 is 0 Å². The number of amides is 2. The Morgan fingerprint density at radius 2 is 1.96 bits per heavy atom. The zero-order valence-corrected chi connectivity index (χ0v) is 14.9. The van der Waals surface area contributed by atoms with E-state index in [1.807, 2.05) is 30.5 Å². The van der Waals surface area contributed by atoms with E-state index in [4.69, 9.17) is 4.74 Å². The molecule has 1 aliphatic rings. The molecule has 4 rings (SSSR count). The molecule has 0 spiro atoms. The second-order valence-electron chi connectivity index (χ2n) is 6.36. The van der Waals surface area contributed by atoms with Gasteiger partial charge in [-0.2, -0.15) is 5.10 Å². The van der Waals surface area contributed by atoms with Crippen LogP contribution in [0.5, 0.6) is 5.75 Å². The number of rotatable bonds is 5. The molecule has 6 nitrogen and oxygen atoms in total. The van der Waals surface area contributed by atoms with Crippen LogP contribution in [0.2, 0.25) is 0 Å². The van der Waals surface area contributed by atoms with Crippen molar-refractivity contribution in [2.75, 3.05) is 25.1 Å². The first-order valence-corrected chi connectivity index (χ1v) is 8.64. The number of hydrogen-bond acceptors (Lipinski definition) is 3. The molecule has 1 aliphatic heterocycles. The van der Waals surface area contributed by atoms with E-state index in [1.165, 1.54) is 13.2 Å². The van der Waals surface area contributed by atoms with Crippen LogP contribution in [0.25, 0.3) is 11.1 Å². The third kappa shape index (κ3) is 3.36. The van der Waals surface area contributed by atoms with Gasteiger partial charge in [0, 0.05) is 37.1 Å². The summed E-state index contributed by atoms with van der Waals surface area (Å²) in [6, 6.07) is 12.5. The van der Waals surface area contributed by atoms with Crippen molar-refractivity contribution in [3.05, 3.63) is 66.2 Å². The van der Waals surface area contributed by atoms with Crippen molar-refractivity contribution in [2.24, 2.45) is 0 Å². The van der Waals surface area contributed by atoms with E-state index in [0.717, 1.165) is 22.4 Å². The first-order valence-electron chi connectivity index (χ1n) is 8.64. The summed E-state index contributed by atoms with van der Waals surface area (Å²) >= 11 is 0. The second-order valence-corrected chi connectivity index (χ2v) is 6.36. The maximum absolute atomic E-state index is 13.9. The number of nitrogens with zero attached hydrogens (tertiary/aromatic N) is 3. The molecule has 1 saturated heterocycles. The van der Waals surface area contributed by atoms with Crippen molar-refractivity contribution in [1.82, 2.24) is 15.1 Å². The van der Waals surface area contributed by atoms with Gasteiger partial charge in [-0.15, -0.1) is 0 Å². The van der Waals surface area contributed by atoms with Gasteiger partial charge in [0.15, 0.2) is 11.6 Å². The SMILES string of the molecule is COc1ccc(CN2CCN(c3ccc(-c4cn[nH]c4)cc3)C2=O)cc1F. The number of nitrogens with one attached hydrogen (secondary N) is 1. The Kier molecular flexibility index (Phi) is 4.50. The summed E-state index contributed by atoms with van der Waals surface area (Å²) in [5, 5.41) is 6.74. The van der Waals surface area contributed by atoms with E-state index in [1.54, 1.807) is 28.1 Å². The maximum atomic E-state index is 13.9. The van der Waals surface area contributed by atoms with Crippen molar-refractivity contribution in [2.45, 2.75) is 6.54 Å². The molecule has 7 heteroatoms. The lowest BCUT2D eigenvalue weighted by molar-refractivity contribution is 0.218. The van der Waals surface area contributed by atoms with Gasteiger partial charge in [-0.1, -0.05) is 18.2 Å². The number of hydrogen-bond donors (Lipinski definition) is 1. The number of benzene rings is 2. The lowest BCUT2D eigenvalue weighted by Gasteiger charge is -2.19. The van der Waals surface area contributed by atoms with Crippen LogP contribution in [0.3, 0.4) is 0 Å². The van der Waals surface area contributed by atoms with Crippen molar-refractivity contribution in [3.63, 3.8) is 0 Å². The highest BCUT2D eigenvalue weighted by Gasteiger charge is 2.29. The van der Waals surface area contributed by atoms with E-state index >= 15 is 0 Å². The smallest absolute Gasteiger partial charge is 0.324 e. The number of aromatic nitrogens is 2. The van der Waals surface area contributed by atoms with Crippen molar-refractivity contribution >= 4 is 11.7 Å². The number of H-pyrrole nitrogens is 1. The minimum Gasteiger partial charge on any atom is -0.494 e. The van der Waals surface area contributed by atoms with Crippen molar-refractivity contribution < 1.29 is 13.9 Å². The largest absolute Gasteiger partial charge is 0.494 e. The van der Waals surface area contributed by atoms with E-state index < -0.39 is 5.82 Å². The van der Waals surface area contributed by atoms with E-state index in [9.17, 15) is 9.18 Å². The molecule has 3 aromatic rings. The third-order valence-corrected chi connectivity index (χ3v) is 4.70. The van der Waals surface area contributed by atoms with Crippen molar-refractivity contribution in [3.8, 4) is 16.9 Å². The topological polar surface area (TPSA) is 61.5 Å². The minimum atomic E-state index is -0.423. The number of halogens is 1. The number of methoxy groups -OCH3 is 1. The number of carbonyl (C=O) groups is 1. The highest BCUT2D eigenvalue weighted by Crippen LogP contribution is 2.26. The number of ether oxygens (including phenoxy) is 1. The molecule has 1 N–H and O–H groups in total. The molecule has 2 amide bonds. The summed E-state index contributed by atoms with van der Waals surface area (Å²) in [6.07, 6.45) is 3.58. The average molecular weight is 366 g/mol. The second kappa shape index (κ2) is 7.11. The summed E-state index contributed by atoms with van der Waals surface area (Å²) in [5.41, 5.74) is 3.61. The predicted octanol–water partition coefficient (Wildman–Crippen LogP) is 3.67. The molecule has 1 aromatic heterocycles. The number of aromatic amines is 1. The Bertz CT molecular complexity index is 941. The molecule has 0 unspecified atom stereocenters. The van der Waals surface area contributed by atoms with Gasteiger partial charge >= 0.3 is 6.03 Å². The van der Waals surface area contributed by atoms with Crippen LogP contribution in [-0.4, -0.2) is 41.3 Å². The fourth-order valence-corrected chi connectivity index (χ4v) is 3.24. The lowest BCUT2D eigenvalue weighted by atomic mass is 10.1. The highest BCUT2D eigenvalue weighted by atomic mass is 19.1. The van der Waals surface area contributed by atoms with Crippen LogP contribution in [-0.2, 0) is 6.54 Å². The fraction of sp³-hybridized carbons (Fsp3) is 0.200. The zero-order chi connectivity index (χ0) is 18.8. The van der Waals surface area contributed by atoms with Gasteiger partial charge in [0.2, 0.25) is 0 Å². The molecule has 2 aromatic carbocycles. The Morgan fingerprint density at radius 1 is 1.15 bits per heavy atom.